The molecule has 0 amide bonds. The van der Waals surface area contributed by atoms with Gasteiger partial charge < -0.3 is 10.4 Å². The number of rotatable bonds is 4. The molecule has 0 aliphatic heterocycles. The van der Waals surface area contributed by atoms with Crippen LogP contribution in [-0.2, 0) is 12.8 Å². The number of aromatic nitrogens is 2. The summed E-state index contributed by atoms with van der Waals surface area (Å²) >= 11 is 0. The normalized spacial score (nSPS) is 22.6. The maximum atomic E-state index is 15.0. The number of carbonyl (C=O) groups is 1. The van der Waals surface area contributed by atoms with Crippen LogP contribution in [0.3, 0.4) is 0 Å². The quantitative estimate of drug-likeness (QED) is 0.763. The number of aryl methyl sites for hydroxylation is 1. The monoisotopic (exact) mass is 424 g/mol. The van der Waals surface area contributed by atoms with Crippen LogP contribution in [0.15, 0.2) is 12.1 Å². The van der Waals surface area contributed by atoms with Crippen LogP contribution in [-0.4, -0.2) is 32.8 Å². The van der Waals surface area contributed by atoms with Crippen LogP contribution in [0.25, 0.3) is 5.69 Å². The van der Waals surface area contributed by atoms with E-state index in [1.165, 1.54) is 6.07 Å². The summed E-state index contributed by atoms with van der Waals surface area (Å²) in [7, 11) is 0. The van der Waals surface area contributed by atoms with Crippen molar-refractivity contribution in [3.8, 4) is 11.8 Å². The van der Waals surface area contributed by atoms with Crippen molar-refractivity contribution >= 4 is 11.5 Å². The summed E-state index contributed by atoms with van der Waals surface area (Å²) in [5.74, 6) is -0.524. The number of aliphatic hydroxyl groups excluding tert-OH is 1. The highest BCUT2D eigenvalue weighted by molar-refractivity contribution is 6.00. The Labute approximate surface area is 182 Å². The summed E-state index contributed by atoms with van der Waals surface area (Å²) in [5, 5.41) is 27.3. The lowest BCUT2D eigenvalue weighted by atomic mass is 9.75. The molecule has 2 N–H and O–H groups in total. The molecule has 1 aromatic heterocycles. The molecule has 2 aliphatic rings. The summed E-state index contributed by atoms with van der Waals surface area (Å²) in [5.41, 5.74) is 2.94. The van der Waals surface area contributed by atoms with Crippen molar-refractivity contribution in [3.63, 3.8) is 0 Å². The third kappa shape index (κ3) is 4.09. The maximum Gasteiger partial charge on any atom is 0.167 e. The second-order valence-corrected chi connectivity index (χ2v) is 9.59. The van der Waals surface area contributed by atoms with E-state index < -0.39 is 5.82 Å². The van der Waals surface area contributed by atoms with Crippen LogP contribution >= 0.6 is 0 Å². The van der Waals surface area contributed by atoms with Gasteiger partial charge in [-0.05, 0) is 50.0 Å². The molecule has 164 valence electrons. The fraction of sp³-hybridized carbons (Fsp3) is 0.542. The molecule has 6 nitrogen and oxygen atoms in total. The molecule has 0 unspecified atom stereocenters. The first-order valence-electron chi connectivity index (χ1n) is 11.0. The first kappa shape index (κ1) is 21.5. The van der Waals surface area contributed by atoms with E-state index in [1.807, 2.05) is 13.0 Å². The number of nitrogens with zero attached hydrogens (tertiary/aromatic N) is 3. The molecule has 2 aliphatic carbocycles. The average Bonchev–Trinajstić information content (AvgIpc) is 3.07. The van der Waals surface area contributed by atoms with Gasteiger partial charge in [0, 0.05) is 18.5 Å². The number of nitriles is 1. The molecule has 1 aromatic carbocycles. The van der Waals surface area contributed by atoms with Gasteiger partial charge in [-0.1, -0.05) is 20.8 Å². The Hall–Kier alpha value is -2.72. The molecule has 0 bridgehead atoms. The Morgan fingerprint density at radius 1 is 1.29 bits per heavy atom. The van der Waals surface area contributed by atoms with Gasteiger partial charge in [-0.25, -0.2) is 9.07 Å². The van der Waals surface area contributed by atoms with E-state index in [0.29, 0.717) is 49.0 Å². The van der Waals surface area contributed by atoms with Gasteiger partial charge in [0.25, 0.3) is 0 Å². The highest BCUT2D eigenvalue weighted by Crippen LogP contribution is 2.38. The highest BCUT2D eigenvalue weighted by Gasteiger charge is 2.36. The molecule has 1 saturated carbocycles. The first-order chi connectivity index (χ1) is 14.7. The summed E-state index contributed by atoms with van der Waals surface area (Å²) in [6, 6.07) is 5.12. The minimum atomic E-state index is -0.609. The van der Waals surface area contributed by atoms with E-state index in [4.69, 9.17) is 0 Å². The molecule has 0 saturated heterocycles. The molecule has 1 fully saturated rings. The number of carbonyl (C=O) groups excluding carboxylic acids is 1. The van der Waals surface area contributed by atoms with Crippen LogP contribution in [0.2, 0.25) is 0 Å². The molecule has 2 aromatic rings. The summed E-state index contributed by atoms with van der Waals surface area (Å²) in [6.45, 7) is 6.07. The number of hydrogen-bond acceptors (Lipinski definition) is 5. The molecule has 0 spiro atoms. The summed E-state index contributed by atoms with van der Waals surface area (Å²) < 4.78 is 16.6. The average molecular weight is 425 g/mol. The number of anilines is 1. The van der Waals surface area contributed by atoms with Gasteiger partial charge in [0.1, 0.15) is 17.4 Å². The van der Waals surface area contributed by atoms with Gasteiger partial charge >= 0.3 is 0 Å². The van der Waals surface area contributed by atoms with Gasteiger partial charge in [0.05, 0.1) is 34.4 Å². The summed E-state index contributed by atoms with van der Waals surface area (Å²) in [4.78, 5) is 12.8. The van der Waals surface area contributed by atoms with Gasteiger partial charge in [0.2, 0.25) is 0 Å². The molecule has 1 heterocycles. The Morgan fingerprint density at radius 2 is 2.00 bits per heavy atom. The zero-order valence-corrected chi connectivity index (χ0v) is 18.3. The topological polar surface area (TPSA) is 90.9 Å². The van der Waals surface area contributed by atoms with E-state index in [-0.39, 0.29) is 28.9 Å². The third-order valence-corrected chi connectivity index (χ3v) is 6.44. The summed E-state index contributed by atoms with van der Waals surface area (Å²) in [6.07, 6.45) is 4.37. The molecule has 0 atom stereocenters. The van der Waals surface area contributed by atoms with Crippen LogP contribution < -0.4 is 5.32 Å². The van der Waals surface area contributed by atoms with Gasteiger partial charge in [-0.2, -0.15) is 10.4 Å². The molecule has 4 rings (SSSR count). The SMILES string of the molecule is CCc1nn(-c2cc(F)c(C#N)c(NC3CCC(O)CC3)c2)c2c1C(=O)CC(C)(C)C2. The predicted octanol–water partition coefficient (Wildman–Crippen LogP) is 4.32. The fourth-order valence-electron chi connectivity index (χ4n) is 4.87. The van der Waals surface area contributed by atoms with E-state index in [9.17, 15) is 19.6 Å². The van der Waals surface area contributed by atoms with Crippen LogP contribution in [0.4, 0.5) is 10.1 Å². The van der Waals surface area contributed by atoms with Gasteiger partial charge in [0.15, 0.2) is 5.78 Å². The van der Waals surface area contributed by atoms with Crippen LogP contribution in [0.1, 0.15) is 80.2 Å². The lowest BCUT2D eigenvalue weighted by Crippen LogP contribution is -2.29. The predicted molar refractivity (Wildman–Crippen MR) is 116 cm³/mol. The van der Waals surface area contributed by atoms with Gasteiger partial charge in [-0.15, -0.1) is 0 Å². The second kappa shape index (κ2) is 8.08. The Balaban J connectivity index is 1.78. The van der Waals surface area contributed by atoms with Crippen molar-refractivity contribution in [3.05, 3.63) is 40.5 Å². The largest absolute Gasteiger partial charge is 0.393 e. The van der Waals surface area contributed by atoms with E-state index >= 15 is 0 Å². The van der Waals surface area contributed by atoms with Crippen LogP contribution in [0, 0.1) is 22.6 Å². The number of Topliss-reactive ketones (excluding diaryl/α,β-unsaturated/α-hetero) is 1. The number of hydrogen-bond donors (Lipinski definition) is 2. The number of aliphatic hydroxyl groups is 1. The minimum Gasteiger partial charge on any atom is -0.393 e. The molecule has 0 radical (unpaired) electrons. The van der Waals surface area contributed by atoms with E-state index in [2.05, 4.69) is 24.3 Å². The second-order valence-electron chi connectivity index (χ2n) is 9.59. The lowest BCUT2D eigenvalue weighted by molar-refractivity contribution is 0.0910. The minimum absolute atomic E-state index is 0.0250. The van der Waals surface area contributed by atoms with Crippen molar-refractivity contribution < 1.29 is 14.3 Å². The first-order valence-corrected chi connectivity index (χ1v) is 11.0. The number of ketones is 1. The van der Waals surface area contributed by atoms with Crippen molar-refractivity contribution in [1.82, 2.24) is 9.78 Å². The standard InChI is InChI=1S/C24H29FN4O2/c1-4-19-23-21(11-24(2,3)12-22(23)31)29(28-19)15-9-18(25)17(13-26)20(10-15)27-14-5-7-16(30)8-6-14/h9-10,14,16,27,30H,4-8,11-12H2,1-3H3. The van der Waals surface area contributed by atoms with Gasteiger partial charge in [-0.3, -0.25) is 4.79 Å². The Kier molecular flexibility index (Phi) is 5.61. The van der Waals surface area contributed by atoms with Crippen molar-refractivity contribution in [2.24, 2.45) is 5.41 Å². The van der Waals surface area contributed by atoms with Crippen LogP contribution in [0.5, 0.6) is 0 Å². The molecular weight excluding hydrogens is 395 g/mol. The number of nitrogens with one attached hydrogen (secondary N) is 1. The Bertz CT molecular complexity index is 1060. The lowest BCUT2D eigenvalue weighted by Gasteiger charge is -2.29. The number of benzene rings is 1. The van der Waals surface area contributed by atoms with Crippen molar-refractivity contribution in [2.75, 3.05) is 5.32 Å². The zero-order valence-electron chi connectivity index (χ0n) is 18.3. The number of fused-ring (bicyclic) bond motifs is 1. The molecule has 31 heavy (non-hydrogen) atoms. The maximum absolute atomic E-state index is 15.0. The van der Waals surface area contributed by atoms with E-state index in [1.54, 1.807) is 10.7 Å². The zero-order chi connectivity index (χ0) is 22.3. The molecule has 7 heteroatoms. The highest BCUT2D eigenvalue weighted by atomic mass is 19.1. The Morgan fingerprint density at radius 3 is 2.65 bits per heavy atom. The fourth-order valence-corrected chi connectivity index (χ4v) is 4.87. The van der Waals surface area contributed by atoms with Crippen molar-refractivity contribution in [2.45, 2.75) is 77.9 Å². The van der Waals surface area contributed by atoms with Crippen molar-refractivity contribution in [1.29, 1.82) is 5.26 Å². The molecular formula is C24H29FN4O2. The van der Waals surface area contributed by atoms with E-state index in [0.717, 1.165) is 24.2 Å². The third-order valence-electron chi connectivity index (χ3n) is 6.44. The number of halogens is 1. The smallest absolute Gasteiger partial charge is 0.167 e.